The Morgan fingerprint density at radius 1 is 1.28 bits per heavy atom. The van der Waals surface area contributed by atoms with Gasteiger partial charge in [-0.3, -0.25) is 14.3 Å². The van der Waals surface area contributed by atoms with Crippen LogP contribution in [0, 0.1) is 5.82 Å². The minimum Gasteiger partial charge on any atom is -0.367 e. The van der Waals surface area contributed by atoms with Crippen molar-refractivity contribution in [3.63, 3.8) is 0 Å². The number of aromatic nitrogens is 2. The summed E-state index contributed by atoms with van der Waals surface area (Å²) in [4.78, 5) is 25.9. The third kappa shape index (κ3) is 4.14. The van der Waals surface area contributed by atoms with Gasteiger partial charge in [-0.2, -0.15) is 5.10 Å². The van der Waals surface area contributed by atoms with E-state index >= 15 is 0 Å². The van der Waals surface area contributed by atoms with Gasteiger partial charge < -0.3 is 15.5 Å². The van der Waals surface area contributed by atoms with Crippen molar-refractivity contribution in [3.05, 3.63) is 42.5 Å². The number of hydrogen-bond donors (Lipinski definition) is 2. The molecule has 1 aromatic carbocycles. The molecule has 0 radical (unpaired) electrons. The molecule has 1 fully saturated rings. The summed E-state index contributed by atoms with van der Waals surface area (Å²) in [6, 6.07) is 6.35. The zero-order chi connectivity index (χ0) is 17.8. The van der Waals surface area contributed by atoms with Gasteiger partial charge in [-0.15, -0.1) is 0 Å². The number of rotatable bonds is 3. The Morgan fingerprint density at radius 2 is 2.08 bits per heavy atom. The molecule has 1 saturated heterocycles. The summed E-state index contributed by atoms with van der Waals surface area (Å²) in [5.41, 5.74) is 0.973. The average Bonchev–Trinajstić information content (AvgIpc) is 3.00. The number of anilines is 2. The largest absolute Gasteiger partial charge is 0.367 e. The first-order valence-electron chi connectivity index (χ1n) is 8.13. The molecule has 2 N–H and O–H groups in total. The second kappa shape index (κ2) is 7.33. The molecule has 1 atom stereocenters. The summed E-state index contributed by atoms with van der Waals surface area (Å²) in [6.45, 7) is 1.18. The number of benzene rings is 1. The summed E-state index contributed by atoms with van der Waals surface area (Å²) >= 11 is 0. The number of hydrogen-bond acceptors (Lipinski definition) is 4. The van der Waals surface area contributed by atoms with Gasteiger partial charge in [0.05, 0.1) is 17.6 Å². The van der Waals surface area contributed by atoms with E-state index in [0.29, 0.717) is 17.9 Å². The van der Waals surface area contributed by atoms with Crippen molar-refractivity contribution in [1.29, 1.82) is 0 Å². The van der Waals surface area contributed by atoms with Crippen LogP contribution in [0.3, 0.4) is 0 Å². The van der Waals surface area contributed by atoms with E-state index in [1.807, 2.05) is 4.90 Å². The van der Waals surface area contributed by atoms with Crippen molar-refractivity contribution < 1.29 is 14.0 Å². The fraction of sp³-hybridized carbons (Fsp3) is 0.353. The highest BCUT2D eigenvalue weighted by Crippen LogP contribution is 2.22. The molecule has 1 aliphatic heterocycles. The predicted octanol–water partition coefficient (Wildman–Crippen LogP) is 1.28. The zero-order valence-electron chi connectivity index (χ0n) is 13.9. The third-order valence-corrected chi connectivity index (χ3v) is 4.12. The highest BCUT2D eigenvalue weighted by molar-refractivity contribution is 6.39. The first-order valence-corrected chi connectivity index (χ1v) is 8.13. The summed E-state index contributed by atoms with van der Waals surface area (Å²) in [5, 5.41) is 9.14. The first kappa shape index (κ1) is 16.9. The Kier molecular flexibility index (Phi) is 4.97. The number of carbonyl (C=O) groups is 2. The molecule has 2 amide bonds. The second-order valence-corrected chi connectivity index (χ2v) is 6.07. The number of aryl methyl sites for hydroxylation is 1. The lowest BCUT2D eigenvalue weighted by molar-refractivity contribution is -0.136. The lowest BCUT2D eigenvalue weighted by atomic mass is 10.0. The second-order valence-electron chi connectivity index (χ2n) is 6.07. The molecular formula is C17H20FN5O2. The highest BCUT2D eigenvalue weighted by Gasteiger charge is 2.25. The molecule has 0 bridgehead atoms. The summed E-state index contributed by atoms with van der Waals surface area (Å²) in [7, 11) is 1.72. The van der Waals surface area contributed by atoms with E-state index in [2.05, 4.69) is 15.7 Å². The molecule has 0 aliphatic carbocycles. The maximum Gasteiger partial charge on any atom is 0.313 e. The lowest BCUT2D eigenvalue weighted by Crippen LogP contribution is -2.50. The van der Waals surface area contributed by atoms with E-state index in [0.717, 1.165) is 19.4 Å². The first-order chi connectivity index (χ1) is 12.0. The molecule has 0 saturated carbocycles. The topological polar surface area (TPSA) is 79.3 Å². The van der Waals surface area contributed by atoms with Crippen LogP contribution in [0.1, 0.15) is 12.8 Å². The van der Waals surface area contributed by atoms with E-state index < -0.39 is 11.8 Å². The quantitative estimate of drug-likeness (QED) is 0.822. The molecule has 1 aliphatic rings. The molecule has 132 valence electrons. The Labute approximate surface area is 144 Å². The van der Waals surface area contributed by atoms with E-state index in [9.17, 15) is 14.0 Å². The fourth-order valence-electron chi connectivity index (χ4n) is 2.95. The van der Waals surface area contributed by atoms with Gasteiger partial charge in [-0.05, 0) is 25.0 Å². The van der Waals surface area contributed by atoms with Crippen molar-refractivity contribution in [1.82, 2.24) is 15.1 Å². The van der Waals surface area contributed by atoms with Gasteiger partial charge in [0.1, 0.15) is 5.82 Å². The monoisotopic (exact) mass is 345 g/mol. The van der Waals surface area contributed by atoms with Gasteiger partial charge in [0.25, 0.3) is 0 Å². The molecular weight excluding hydrogens is 325 g/mol. The van der Waals surface area contributed by atoms with Gasteiger partial charge in [0, 0.05) is 32.4 Å². The zero-order valence-corrected chi connectivity index (χ0v) is 13.9. The number of piperidine rings is 1. The SMILES string of the molecule is Cn1cc(NC(=O)C(=O)N[C@H]2CCCN(c3ccccc3F)C2)cn1. The van der Waals surface area contributed by atoms with E-state index in [1.165, 1.54) is 16.9 Å². The van der Waals surface area contributed by atoms with Crippen molar-refractivity contribution in [3.8, 4) is 0 Å². The van der Waals surface area contributed by atoms with Crippen LogP contribution in [0.25, 0.3) is 0 Å². The van der Waals surface area contributed by atoms with Crippen molar-refractivity contribution in [2.75, 3.05) is 23.3 Å². The molecule has 1 aromatic heterocycles. The van der Waals surface area contributed by atoms with Crippen LogP contribution in [0.2, 0.25) is 0 Å². The number of amides is 2. The number of nitrogens with one attached hydrogen (secondary N) is 2. The molecule has 2 heterocycles. The Bertz CT molecular complexity index is 776. The van der Waals surface area contributed by atoms with Gasteiger partial charge in [0.15, 0.2) is 0 Å². The molecule has 25 heavy (non-hydrogen) atoms. The van der Waals surface area contributed by atoms with Gasteiger partial charge in [0.2, 0.25) is 0 Å². The molecule has 7 nitrogen and oxygen atoms in total. The van der Waals surface area contributed by atoms with Crippen molar-refractivity contribution >= 4 is 23.2 Å². The summed E-state index contributed by atoms with van der Waals surface area (Å²) in [5.74, 6) is -1.73. The van der Waals surface area contributed by atoms with Crippen molar-refractivity contribution in [2.24, 2.45) is 7.05 Å². The Morgan fingerprint density at radius 3 is 2.80 bits per heavy atom. The minimum atomic E-state index is -0.740. The number of nitrogens with zero attached hydrogens (tertiary/aromatic N) is 3. The van der Waals surface area contributed by atoms with Crippen molar-refractivity contribution in [2.45, 2.75) is 18.9 Å². The molecule has 0 unspecified atom stereocenters. The standard InChI is InChI=1S/C17H20FN5O2/c1-22-10-13(9-19-22)21-17(25)16(24)20-12-5-4-8-23(11-12)15-7-3-2-6-14(15)18/h2-3,6-7,9-10,12H,4-5,8,11H2,1H3,(H,20,24)(H,21,25)/t12-/m0/s1. The number of para-hydroxylation sites is 1. The maximum atomic E-state index is 13.9. The van der Waals surface area contributed by atoms with E-state index in [4.69, 9.17) is 0 Å². The molecule has 3 rings (SSSR count). The van der Waals surface area contributed by atoms with Crippen LogP contribution in [-0.2, 0) is 16.6 Å². The number of halogens is 1. The smallest absolute Gasteiger partial charge is 0.313 e. The van der Waals surface area contributed by atoms with Crippen LogP contribution in [0.15, 0.2) is 36.7 Å². The van der Waals surface area contributed by atoms with Gasteiger partial charge in [-0.1, -0.05) is 12.1 Å². The average molecular weight is 345 g/mol. The Balaban J connectivity index is 1.57. The predicted molar refractivity (Wildman–Crippen MR) is 91.6 cm³/mol. The molecule has 2 aromatic rings. The lowest BCUT2D eigenvalue weighted by Gasteiger charge is -2.34. The van der Waals surface area contributed by atoms with E-state index in [-0.39, 0.29) is 11.9 Å². The normalized spacial score (nSPS) is 17.2. The van der Waals surface area contributed by atoms with Crippen LogP contribution < -0.4 is 15.5 Å². The van der Waals surface area contributed by atoms with E-state index in [1.54, 1.807) is 31.4 Å². The summed E-state index contributed by atoms with van der Waals surface area (Å²) < 4.78 is 15.5. The van der Waals surface area contributed by atoms with Crippen LogP contribution >= 0.6 is 0 Å². The maximum absolute atomic E-state index is 13.9. The third-order valence-electron chi connectivity index (χ3n) is 4.12. The van der Waals surface area contributed by atoms with Gasteiger partial charge in [-0.25, -0.2) is 4.39 Å². The fourth-order valence-corrected chi connectivity index (χ4v) is 2.95. The Hall–Kier alpha value is -2.90. The minimum absolute atomic E-state index is 0.208. The molecule has 8 heteroatoms. The number of carbonyl (C=O) groups excluding carboxylic acids is 2. The van der Waals surface area contributed by atoms with Gasteiger partial charge >= 0.3 is 11.8 Å². The van der Waals surface area contributed by atoms with Crippen LogP contribution in [-0.4, -0.2) is 40.7 Å². The summed E-state index contributed by atoms with van der Waals surface area (Å²) in [6.07, 6.45) is 4.62. The molecule has 0 spiro atoms. The van der Waals surface area contributed by atoms with Crippen LogP contribution in [0.4, 0.5) is 15.8 Å². The highest BCUT2D eigenvalue weighted by atomic mass is 19.1. The van der Waals surface area contributed by atoms with Crippen LogP contribution in [0.5, 0.6) is 0 Å².